The molecule has 2 unspecified atom stereocenters. The van der Waals surface area contributed by atoms with Crippen molar-refractivity contribution in [2.45, 2.75) is 57.9 Å². The van der Waals surface area contributed by atoms with Crippen LogP contribution in [0.25, 0.3) is 0 Å². The maximum absolute atomic E-state index is 6.25. The smallest absolute Gasteiger partial charge is 0.130 e. The van der Waals surface area contributed by atoms with Gasteiger partial charge in [0.1, 0.15) is 12.1 Å². The van der Waals surface area contributed by atoms with E-state index in [1.54, 1.807) is 6.33 Å². The third kappa shape index (κ3) is 3.82. The monoisotopic (exact) mass is 281 g/mol. The second-order valence-electron chi connectivity index (χ2n) is 5.89. The maximum Gasteiger partial charge on any atom is 0.130 e. The van der Waals surface area contributed by atoms with Gasteiger partial charge in [0, 0.05) is 17.6 Å². The van der Waals surface area contributed by atoms with Crippen LogP contribution in [0.3, 0.4) is 0 Å². The van der Waals surface area contributed by atoms with E-state index in [0.717, 1.165) is 43.1 Å². The first-order chi connectivity index (χ1) is 9.17. The molecule has 3 nitrogen and oxygen atoms in total. The van der Waals surface area contributed by atoms with Gasteiger partial charge in [0.2, 0.25) is 0 Å². The summed E-state index contributed by atoms with van der Waals surface area (Å²) in [5, 5.41) is 3.59. The molecule has 1 N–H and O–H groups in total. The van der Waals surface area contributed by atoms with Crippen LogP contribution in [0.1, 0.15) is 51.6 Å². The molecule has 0 saturated heterocycles. The van der Waals surface area contributed by atoms with Gasteiger partial charge >= 0.3 is 0 Å². The Morgan fingerprint density at radius 2 is 2.32 bits per heavy atom. The van der Waals surface area contributed by atoms with Crippen LogP contribution >= 0.6 is 11.6 Å². The molecule has 1 heterocycles. The average molecular weight is 282 g/mol. The highest BCUT2D eigenvalue weighted by Gasteiger charge is 2.34. The zero-order chi connectivity index (χ0) is 13.7. The molecule has 0 spiro atoms. The van der Waals surface area contributed by atoms with E-state index in [-0.39, 0.29) is 5.54 Å². The number of rotatable bonds is 5. The Morgan fingerprint density at radius 3 is 3.00 bits per heavy atom. The molecule has 1 fully saturated rings. The van der Waals surface area contributed by atoms with E-state index in [0.29, 0.717) is 5.88 Å². The first-order valence-corrected chi connectivity index (χ1v) is 7.86. The summed E-state index contributed by atoms with van der Waals surface area (Å²) < 4.78 is 0. The van der Waals surface area contributed by atoms with Gasteiger partial charge in [-0.15, -0.1) is 11.6 Å². The predicted molar refractivity (Wildman–Crippen MR) is 80.7 cm³/mol. The van der Waals surface area contributed by atoms with Crippen molar-refractivity contribution in [2.24, 2.45) is 5.92 Å². The van der Waals surface area contributed by atoms with Crippen molar-refractivity contribution in [3.05, 3.63) is 18.1 Å². The molecule has 2 atom stereocenters. The summed E-state index contributed by atoms with van der Waals surface area (Å²) in [5.41, 5.74) is 1.12. The molecular weight excluding hydrogens is 258 g/mol. The number of halogens is 1. The highest BCUT2D eigenvalue weighted by Crippen LogP contribution is 2.35. The van der Waals surface area contributed by atoms with Gasteiger partial charge in [0.25, 0.3) is 0 Å². The van der Waals surface area contributed by atoms with Gasteiger partial charge in [0.15, 0.2) is 0 Å². The van der Waals surface area contributed by atoms with Gasteiger partial charge in [-0.25, -0.2) is 9.97 Å². The van der Waals surface area contributed by atoms with Crippen LogP contribution in [0, 0.1) is 5.92 Å². The van der Waals surface area contributed by atoms with Gasteiger partial charge in [-0.2, -0.15) is 0 Å². The largest absolute Gasteiger partial charge is 0.363 e. The Labute approximate surface area is 121 Å². The van der Waals surface area contributed by atoms with E-state index in [4.69, 9.17) is 11.6 Å². The Balaban J connectivity index is 2.11. The van der Waals surface area contributed by atoms with Crippen molar-refractivity contribution >= 4 is 17.4 Å². The number of hydrogen-bond donors (Lipinski definition) is 1. The van der Waals surface area contributed by atoms with Crippen LogP contribution in [-0.4, -0.2) is 21.4 Å². The normalized spacial score (nSPS) is 27.2. The topological polar surface area (TPSA) is 37.8 Å². The Kier molecular flexibility index (Phi) is 5.03. The molecule has 0 bridgehead atoms. The molecule has 4 heteroatoms. The minimum absolute atomic E-state index is 0.0110. The van der Waals surface area contributed by atoms with E-state index in [1.165, 1.54) is 12.8 Å². The van der Waals surface area contributed by atoms with Gasteiger partial charge in [-0.3, -0.25) is 0 Å². The van der Waals surface area contributed by atoms with Crippen LogP contribution in [0.5, 0.6) is 0 Å². The number of nitrogens with one attached hydrogen (secondary N) is 1. The maximum atomic E-state index is 6.25. The lowest BCUT2D eigenvalue weighted by Gasteiger charge is -2.39. The van der Waals surface area contributed by atoms with Crippen molar-refractivity contribution in [2.75, 3.05) is 11.2 Å². The van der Waals surface area contributed by atoms with Crippen molar-refractivity contribution < 1.29 is 0 Å². The van der Waals surface area contributed by atoms with Crippen LogP contribution in [0.2, 0.25) is 0 Å². The van der Waals surface area contributed by atoms with Crippen LogP contribution in [-0.2, 0) is 6.42 Å². The second-order valence-corrected chi connectivity index (χ2v) is 6.15. The summed E-state index contributed by atoms with van der Waals surface area (Å²) in [5.74, 6) is 2.30. The minimum Gasteiger partial charge on any atom is -0.363 e. The van der Waals surface area contributed by atoms with Crippen molar-refractivity contribution in [1.82, 2.24) is 9.97 Å². The number of alkyl halides is 1. The van der Waals surface area contributed by atoms with Gasteiger partial charge < -0.3 is 5.32 Å². The minimum atomic E-state index is 0.0110. The molecular formula is C15H24ClN3. The van der Waals surface area contributed by atoms with Crippen LogP contribution < -0.4 is 5.32 Å². The molecule has 0 radical (unpaired) electrons. The molecule has 19 heavy (non-hydrogen) atoms. The number of nitrogens with zero attached hydrogens (tertiary/aromatic N) is 2. The lowest BCUT2D eigenvalue weighted by Crippen LogP contribution is -2.44. The fourth-order valence-corrected chi connectivity index (χ4v) is 3.37. The van der Waals surface area contributed by atoms with Crippen molar-refractivity contribution in [3.63, 3.8) is 0 Å². The summed E-state index contributed by atoms with van der Waals surface area (Å²) in [4.78, 5) is 8.65. The van der Waals surface area contributed by atoms with E-state index in [9.17, 15) is 0 Å². The number of hydrogen-bond acceptors (Lipinski definition) is 3. The van der Waals surface area contributed by atoms with Gasteiger partial charge in [-0.05, 0) is 25.2 Å². The first kappa shape index (κ1) is 14.6. The fraction of sp³-hybridized carbons (Fsp3) is 0.733. The molecule has 1 aromatic rings. The predicted octanol–water partition coefficient (Wildman–Crippen LogP) is 4.03. The molecule has 1 aliphatic carbocycles. The quantitative estimate of drug-likeness (QED) is 0.828. The molecule has 0 aliphatic heterocycles. The van der Waals surface area contributed by atoms with E-state index < -0.39 is 0 Å². The Morgan fingerprint density at radius 1 is 1.47 bits per heavy atom. The molecule has 106 valence electrons. The summed E-state index contributed by atoms with van der Waals surface area (Å²) in [6.45, 7) is 4.48. The Bertz CT molecular complexity index is 410. The molecule has 1 aromatic heterocycles. The first-order valence-electron chi connectivity index (χ1n) is 7.32. The van der Waals surface area contributed by atoms with Crippen LogP contribution in [0.15, 0.2) is 12.4 Å². The van der Waals surface area contributed by atoms with E-state index in [2.05, 4.69) is 35.2 Å². The standard InChI is InChI=1S/C15H24ClN3/c1-3-5-13-8-14(18-11-17-13)19-15(10-16)7-4-6-12(2)9-15/h8,11-12H,3-7,9-10H2,1-2H3,(H,17,18,19). The molecule has 1 saturated carbocycles. The lowest BCUT2D eigenvalue weighted by atomic mass is 9.77. The molecule has 1 aliphatic rings. The average Bonchev–Trinajstić information content (AvgIpc) is 2.39. The summed E-state index contributed by atoms with van der Waals surface area (Å²) in [7, 11) is 0. The third-order valence-electron chi connectivity index (χ3n) is 3.97. The number of aryl methyl sites for hydroxylation is 1. The van der Waals surface area contributed by atoms with Gasteiger partial charge in [0.05, 0.1) is 5.54 Å². The Hall–Kier alpha value is -0.830. The fourth-order valence-electron chi connectivity index (χ4n) is 3.06. The van der Waals surface area contributed by atoms with Crippen molar-refractivity contribution in [1.29, 1.82) is 0 Å². The molecule has 2 rings (SSSR count). The second kappa shape index (κ2) is 6.56. The van der Waals surface area contributed by atoms with E-state index >= 15 is 0 Å². The number of anilines is 1. The summed E-state index contributed by atoms with van der Waals surface area (Å²) in [6.07, 6.45) is 8.58. The van der Waals surface area contributed by atoms with E-state index in [1.807, 2.05) is 0 Å². The van der Waals surface area contributed by atoms with Crippen LogP contribution in [0.4, 0.5) is 5.82 Å². The molecule has 0 amide bonds. The lowest BCUT2D eigenvalue weighted by molar-refractivity contribution is 0.279. The molecule has 0 aromatic carbocycles. The zero-order valence-electron chi connectivity index (χ0n) is 12.0. The summed E-state index contributed by atoms with van der Waals surface area (Å²) >= 11 is 6.25. The number of aromatic nitrogens is 2. The zero-order valence-corrected chi connectivity index (χ0v) is 12.7. The SMILES string of the molecule is CCCc1cc(NC2(CCl)CCCC(C)C2)ncn1. The summed E-state index contributed by atoms with van der Waals surface area (Å²) in [6, 6.07) is 2.07. The highest BCUT2D eigenvalue weighted by molar-refractivity contribution is 6.18. The highest BCUT2D eigenvalue weighted by atomic mass is 35.5. The van der Waals surface area contributed by atoms with Gasteiger partial charge in [-0.1, -0.05) is 33.1 Å². The van der Waals surface area contributed by atoms with Crippen molar-refractivity contribution in [3.8, 4) is 0 Å². The third-order valence-corrected chi connectivity index (χ3v) is 4.48.